The lowest BCUT2D eigenvalue weighted by Crippen LogP contribution is -2.33. The molecule has 54 heavy (non-hydrogen) atoms. The van der Waals surface area contributed by atoms with E-state index in [2.05, 4.69) is 45.4 Å². The van der Waals surface area contributed by atoms with E-state index in [-0.39, 0.29) is 11.4 Å². The molecule has 0 N–H and O–H groups in total. The van der Waals surface area contributed by atoms with Crippen LogP contribution in [-0.2, 0) is 44.3 Å². The average Bonchev–Trinajstić information content (AvgIpc) is 3.81. The maximum Gasteiger partial charge on any atom is 0.416 e. The van der Waals surface area contributed by atoms with Gasteiger partial charge in [-0.2, -0.15) is 18.2 Å². The van der Waals surface area contributed by atoms with Gasteiger partial charge in [0.15, 0.2) is 10.9 Å². The number of likely N-dealkylation sites (N-methyl/N-ethyl adjacent to an activating group) is 2. The molecule has 0 radical (unpaired) electrons. The summed E-state index contributed by atoms with van der Waals surface area (Å²) in [5, 5.41) is 5.23. The van der Waals surface area contributed by atoms with Gasteiger partial charge in [-0.25, -0.2) is 4.39 Å². The highest BCUT2D eigenvalue weighted by Gasteiger charge is 2.30. The van der Waals surface area contributed by atoms with Crippen LogP contribution < -0.4 is 5.56 Å². The second-order valence-electron chi connectivity index (χ2n) is 14.0. The number of hydrogen-bond acceptors (Lipinski definition) is 7. The van der Waals surface area contributed by atoms with Crippen LogP contribution in [-0.4, -0.2) is 57.7 Å². The molecular weight excluding hydrogens is 715 g/mol. The van der Waals surface area contributed by atoms with Crippen molar-refractivity contribution in [3.05, 3.63) is 134 Å². The first kappa shape index (κ1) is 39.4. The van der Waals surface area contributed by atoms with E-state index in [1.54, 1.807) is 12.1 Å². The first-order chi connectivity index (χ1) is 26.0. The first-order valence-electron chi connectivity index (χ1n) is 18.7. The van der Waals surface area contributed by atoms with Crippen LogP contribution in [0.5, 0.6) is 0 Å². The van der Waals surface area contributed by atoms with E-state index in [9.17, 15) is 22.4 Å². The van der Waals surface area contributed by atoms with E-state index in [1.807, 2.05) is 24.3 Å². The normalized spacial score (nSPS) is 13.0. The molecule has 2 aromatic heterocycles. The third-order valence-corrected chi connectivity index (χ3v) is 11.2. The highest BCUT2D eigenvalue weighted by molar-refractivity contribution is 7.98. The zero-order valence-electron chi connectivity index (χ0n) is 31.1. The average molecular weight is 762 g/mol. The van der Waals surface area contributed by atoms with Crippen LogP contribution in [0.25, 0.3) is 11.1 Å². The molecule has 2 heterocycles. The summed E-state index contributed by atoms with van der Waals surface area (Å²) < 4.78 is 61.3. The molecule has 7 nitrogen and oxygen atoms in total. The molecule has 1 aliphatic rings. The van der Waals surface area contributed by atoms with Gasteiger partial charge in [-0.15, -0.1) is 0 Å². The fraction of sp³-hybridized carbons (Fsp3) is 0.405. The van der Waals surface area contributed by atoms with Gasteiger partial charge in [0.1, 0.15) is 11.5 Å². The Morgan fingerprint density at radius 3 is 2.24 bits per heavy atom. The molecule has 0 bridgehead atoms. The fourth-order valence-electron chi connectivity index (χ4n) is 6.89. The van der Waals surface area contributed by atoms with Crippen molar-refractivity contribution in [1.82, 2.24) is 24.5 Å². The van der Waals surface area contributed by atoms with E-state index >= 15 is 0 Å². The SMILES string of the molecule is CCCCN(CC)CCN(C)Cc1onc(Cn2c(SCc3ccc(F)cc3)nc(=O)c3c2CCC3)c1Cc1ccc(-c2ccc(C(F)(F)F)cc2)cc1. The molecule has 1 aliphatic carbocycles. The Labute approximate surface area is 318 Å². The summed E-state index contributed by atoms with van der Waals surface area (Å²) in [7, 11) is 2.08. The van der Waals surface area contributed by atoms with Crippen molar-refractivity contribution in [3.8, 4) is 11.1 Å². The second kappa shape index (κ2) is 17.9. The van der Waals surface area contributed by atoms with Gasteiger partial charge in [0.05, 0.1) is 18.7 Å². The minimum absolute atomic E-state index is 0.198. The zero-order valence-corrected chi connectivity index (χ0v) is 31.9. The molecule has 0 fully saturated rings. The van der Waals surface area contributed by atoms with Gasteiger partial charge >= 0.3 is 6.18 Å². The number of rotatable bonds is 17. The van der Waals surface area contributed by atoms with Crippen LogP contribution in [0.3, 0.4) is 0 Å². The van der Waals surface area contributed by atoms with Gasteiger partial charge < -0.3 is 14.0 Å². The molecule has 0 aliphatic heterocycles. The minimum Gasteiger partial charge on any atom is -0.359 e. The van der Waals surface area contributed by atoms with Gasteiger partial charge in [-0.3, -0.25) is 9.69 Å². The first-order valence-corrected chi connectivity index (χ1v) is 19.6. The van der Waals surface area contributed by atoms with E-state index in [1.165, 1.54) is 42.4 Å². The summed E-state index contributed by atoms with van der Waals surface area (Å²) >= 11 is 1.45. The van der Waals surface area contributed by atoms with E-state index < -0.39 is 11.7 Å². The van der Waals surface area contributed by atoms with E-state index in [0.29, 0.717) is 42.4 Å². The van der Waals surface area contributed by atoms with Crippen molar-refractivity contribution in [2.75, 3.05) is 33.2 Å². The molecule has 0 atom stereocenters. The smallest absolute Gasteiger partial charge is 0.359 e. The Morgan fingerprint density at radius 2 is 1.57 bits per heavy atom. The van der Waals surface area contributed by atoms with Gasteiger partial charge in [0.25, 0.3) is 5.56 Å². The van der Waals surface area contributed by atoms with Crippen molar-refractivity contribution in [2.24, 2.45) is 0 Å². The Bertz CT molecular complexity index is 2040. The lowest BCUT2D eigenvalue weighted by Gasteiger charge is -2.23. The third-order valence-electron chi connectivity index (χ3n) is 10.1. The van der Waals surface area contributed by atoms with Crippen molar-refractivity contribution in [2.45, 2.75) is 82.5 Å². The van der Waals surface area contributed by atoms with Gasteiger partial charge in [-0.05, 0) is 92.3 Å². The number of aromatic nitrogens is 3. The summed E-state index contributed by atoms with van der Waals surface area (Å²) in [5.74, 6) is 0.984. The third kappa shape index (κ3) is 9.88. The van der Waals surface area contributed by atoms with Gasteiger partial charge in [0, 0.05) is 42.1 Å². The van der Waals surface area contributed by atoms with Crippen LogP contribution in [0, 0.1) is 5.82 Å². The monoisotopic (exact) mass is 761 g/mol. The fourth-order valence-corrected chi connectivity index (χ4v) is 7.85. The van der Waals surface area contributed by atoms with Crippen molar-refractivity contribution < 1.29 is 22.1 Å². The Kier molecular flexibility index (Phi) is 13.1. The Balaban J connectivity index is 1.29. The molecule has 0 spiro atoms. The molecule has 3 aromatic carbocycles. The summed E-state index contributed by atoms with van der Waals surface area (Å²) in [6, 6.07) is 19.4. The van der Waals surface area contributed by atoms with E-state index in [0.717, 1.165) is 103 Å². The van der Waals surface area contributed by atoms with Crippen molar-refractivity contribution >= 4 is 11.8 Å². The maximum atomic E-state index is 13.6. The second-order valence-corrected chi connectivity index (χ2v) is 14.9. The van der Waals surface area contributed by atoms with Gasteiger partial charge in [0.2, 0.25) is 0 Å². The number of benzene rings is 3. The number of nitrogens with zero attached hydrogens (tertiary/aromatic N) is 5. The summed E-state index contributed by atoms with van der Waals surface area (Å²) in [6.45, 7) is 9.19. The lowest BCUT2D eigenvalue weighted by atomic mass is 9.98. The lowest BCUT2D eigenvalue weighted by molar-refractivity contribution is -0.137. The quantitative estimate of drug-likeness (QED) is 0.0533. The predicted octanol–water partition coefficient (Wildman–Crippen LogP) is 9.03. The highest BCUT2D eigenvalue weighted by Crippen LogP contribution is 2.32. The maximum absolute atomic E-state index is 13.6. The van der Waals surface area contributed by atoms with E-state index in [4.69, 9.17) is 4.52 Å². The Hall–Kier alpha value is -4.26. The molecule has 5 aromatic rings. The van der Waals surface area contributed by atoms with Crippen LogP contribution in [0.2, 0.25) is 0 Å². The van der Waals surface area contributed by atoms with Crippen LogP contribution in [0.1, 0.15) is 78.1 Å². The molecule has 0 saturated heterocycles. The molecule has 0 amide bonds. The number of hydrogen-bond donors (Lipinski definition) is 0. The molecule has 286 valence electrons. The number of unbranched alkanes of at least 4 members (excludes halogenated alkanes) is 1. The number of alkyl halides is 3. The predicted molar refractivity (Wildman–Crippen MR) is 205 cm³/mol. The summed E-state index contributed by atoms with van der Waals surface area (Å²) in [4.78, 5) is 22.4. The van der Waals surface area contributed by atoms with Crippen LogP contribution >= 0.6 is 11.8 Å². The highest BCUT2D eigenvalue weighted by atomic mass is 32.2. The molecule has 12 heteroatoms. The summed E-state index contributed by atoms with van der Waals surface area (Å²) in [6.07, 6.45) is 0.782. The zero-order chi connectivity index (χ0) is 38.2. The molecule has 6 rings (SSSR count). The number of halogens is 4. The molecule has 0 unspecified atom stereocenters. The number of thioether (sulfide) groups is 1. The Morgan fingerprint density at radius 1 is 0.889 bits per heavy atom. The van der Waals surface area contributed by atoms with Crippen LogP contribution in [0.4, 0.5) is 17.6 Å². The van der Waals surface area contributed by atoms with Gasteiger partial charge in [-0.1, -0.05) is 85.7 Å². The van der Waals surface area contributed by atoms with Crippen molar-refractivity contribution in [3.63, 3.8) is 0 Å². The topological polar surface area (TPSA) is 67.4 Å². The summed E-state index contributed by atoms with van der Waals surface area (Å²) in [5.41, 5.74) is 6.00. The largest absolute Gasteiger partial charge is 0.416 e. The van der Waals surface area contributed by atoms with Crippen molar-refractivity contribution in [1.29, 1.82) is 0 Å². The standard InChI is InChI=1S/C42H47F4N5O2S/c1-4-6-22-50(5-2)24-23-49(3)27-39-36(25-29-10-14-31(15-11-29)32-16-18-33(19-17-32)42(44,45)46)37(48-53-39)26-51-38-9-7-8-35(38)40(52)47-41(51)54-28-30-12-20-34(43)21-13-30/h10-21H,4-9,22-28H2,1-3H3. The van der Waals surface area contributed by atoms with Crippen LogP contribution in [0.15, 0.2) is 87.3 Å². The molecule has 0 saturated carbocycles. The minimum atomic E-state index is -4.39. The number of fused-ring (bicyclic) bond motifs is 1. The molecular formula is C42H47F4N5O2S.